The van der Waals surface area contributed by atoms with Crippen molar-refractivity contribution in [2.45, 2.75) is 44.6 Å². The van der Waals surface area contributed by atoms with E-state index in [9.17, 15) is 9.18 Å². The molecule has 0 bridgehead atoms. The van der Waals surface area contributed by atoms with E-state index in [1.807, 2.05) is 11.2 Å². The SMILES string of the molecule is O=C(Cc1ccc(F)cc1)N1CC(c2nncn2CC2CC2)C2(CCOCC2)C1. The molecule has 1 amide bonds. The van der Waals surface area contributed by atoms with Crippen LogP contribution in [0.5, 0.6) is 0 Å². The fourth-order valence-corrected chi connectivity index (χ4v) is 4.94. The fraction of sp³-hybridized carbons (Fsp3) is 0.591. The van der Waals surface area contributed by atoms with E-state index in [1.54, 1.807) is 12.1 Å². The van der Waals surface area contributed by atoms with Crippen molar-refractivity contribution in [3.63, 3.8) is 0 Å². The molecule has 3 fully saturated rings. The Balaban J connectivity index is 1.37. The molecule has 2 aliphatic heterocycles. The monoisotopic (exact) mass is 398 g/mol. The maximum Gasteiger partial charge on any atom is 0.227 e. The molecular formula is C22H27FN4O2. The minimum atomic E-state index is -0.279. The van der Waals surface area contributed by atoms with Gasteiger partial charge in [-0.3, -0.25) is 4.79 Å². The van der Waals surface area contributed by atoms with E-state index in [0.717, 1.165) is 56.5 Å². The number of carbonyl (C=O) groups is 1. The molecule has 3 aliphatic rings. The van der Waals surface area contributed by atoms with Gasteiger partial charge in [-0.1, -0.05) is 12.1 Å². The molecule has 5 rings (SSSR count). The van der Waals surface area contributed by atoms with Crippen LogP contribution in [0.4, 0.5) is 4.39 Å². The van der Waals surface area contributed by atoms with Gasteiger partial charge in [0.05, 0.1) is 6.42 Å². The number of ether oxygens (including phenoxy) is 1. The average Bonchev–Trinajstić information content (AvgIpc) is 3.31. The van der Waals surface area contributed by atoms with Crippen LogP contribution in [-0.4, -0.2) is 51.9 Å². The number of nitrogens with zero attached hydrogens (tertiary/aromatic N) is 4. The zero-order valence-corrected chi connectivity index (χ0v) is 16.6. The zero-order chi connectivity index (χ0) is 19.8. The minimum Gasteiger partial charge on any atom is -0.381 e. The lowest BCUT2D eigenvalue weighted by Crippen LogP contribution is -2.38. The molecular weight excluding hydrogens is 371 g/mol. The molecule has 0 radical (unpaired) electrons. The highest BCUT2D eigenvalue weighted by atomic mass is 19.1. The van der Waals surface area contributed by atoms with Crippen molar-refractivity contribution < 1.29 is 13.9 Å². The van der Waals surface area contributed by atoms with Gasteiger partial charge in [-0.25, -0.2) is 4.39 Å². The number of halogens is 1. The van der Waals surface area contributed by atoms with E-state index in [0.29, 0.717) is 13.0 Å². The number of hydrogen-bond donors (Lipinski definition) is 0. The van der Waals surface area contributed by atoms with E-state index in [1.165, 1.54) is 25.0 Å². The normalized spacial score (nSPS) is 23.6. The van der Waals surface area contributed by atoms with Crippen LogP contribution >= 0.6 is 0 Å². The first-order valence-electron chi connectivity index (χ1n) is 10.6. The largest absolute Gasteiger partial charge is 0.381 e. The Morgan fingerprint density at radius 1 is 1.21 bits per heavy atom. The molecule has 1 atom stereocenters. The predicted molar refractivity (Wildman–Crippen MR) is 105 cm³/mol. The molecule has 6 nitrogen and oxygen atoms in total. The minimum absolute atomic E-state index is 0.00500. The van der Waals surface area contributed by atoms with Crippen molar-refractivity contribution in [1.29, 1.82) is 0 Å². The van der Waals surface area contributed by atoms with E-state index in [2.05, 4.69) is 14.8 Å². The lowest BCUT2D eigenvalue weighted by molar-refractivity contribution is -0.130. The van der Waals surface area contributed by atoms with Crippen molar-refractivity contribution in [2.24, 2.45) is 11.3 Å². The molecule has 7 heteroatoms. The third kappa shape index (κ3) is 3.80. The van der Waals surface area contributed by atoms with Crippen LogP contribution in [0.2, 0.25) is 0 Å². The topological polar surface area (TPSA) is 60.2 Å². The van der Waals surface area contributed by atoms with Gasteiger partial charge in [0.1, 0.15) is 18.0 Å². The van der Waals surface area contributed by atoms with Crippen molar-refractivity contribution in [3.8, 4) is 0 Å². The first-order chi connectivity index (χ1) is 14.1. The molecule has 1 aliphatic carbocycles. The van der Waals surface area contributed by atoms with Gasteiger partial charge in [0, 0.05) is 44.2 Å². The Labute approximate surface area is 170 Å². The van der Waals surface area contributed by atoms with Gasteiger partial charge in [-0.2, -0.15) is 0 Å². The first kappa shape index (κ1) is 18.7. The van der Waals surface area contributed by atoms with Crippen LogP contribution in [0.3, 0.4) is 0 Å². The Morgan fingerprint density at radius 3 is 2.69 bits per heavy atom. The second kappa shape index (κ2) is 7.52. The molecule has 1 unspecified atom stereocenters. The van der Waals surface area contributed by atoms with Gasteiger partial charge in [0.15, 0.2) is 0 Å². The van der Waals surface area contributed by atoms with Crippen molar-refractivity contribution >= 4 is 5.91 Å². The molecule has 1 aromatic carbocycles. The lowest BCUT2D eigenvalue weighted by atomic mass is 9.71. The molecule has 29 heavy (non-hydrogen) atoms. The van der Waals surface area contributed by atoms with Gasteiger partial charge in [-0.15, -0.1) is 10.2 Å². The first-order valence-corrected chi connectivity index (χ1v) is 10.6. The Kier molecular flexibility index (Phi) is 4.86. The summed E-state index contributed by atoms with van der Waals surface area (Å²) in [6, 6.07) is 6.21. The molecule has 154 valence electrons. The van der Waals surface area contributed by atoms with Gasteiger partial charge >= 0.3 is 0 Å². The summed E-state index contributed by atoms with van der Waals surface area (Å²) in [5.74, 6) is 1.77. The van der Waals surface area contributed by atoms with Gasteiger partial charge < -0.3 is 14.2 Å². The third-order valence-corrected chi connectivity index (χ3v) is 6.87. The van der Waals surface area contributed by atoms with Crippen LogP contribution in [-0.2, 0) is 22.5 Å². The number of rotatable bonds is 5. The molecule has 3 heterocycles. The van der Waals surface area contributed by atoms with Crippen molar-refractivity contribution in [1.82, 2.24) is 19.7 Å². The molecule has 0 N–H and O–H groups in total. The number of hydrogen-bond acceptors (Lipinski definition) is 4. The fourth-order valence-electron chi connectivity index (χ4n) is 4.94. The molecule has 2 saturated heterocycles. The summed E-state index contributed by atoms with van der Waals surface area (Å²) in [6.07, 6.45) is 6.59. The number of aromatic nitrogens is 3. The zero-order valence-electron chi connectivity index (χ0n) is 16.6. The number of amides is 1. The van der Waals surface area contributed by atoms with Gasteiger partial charge in [0.25, 0.3) is 0 Å². The Morgan fingerprint density at radius 2 is 1.97 bits per heavy atom. The third-order valence-electron chi connectivity index (χ3n) is 6.87. The molecule has 2 aromatic rings. The van der Waals surface area contributed by atoms with Crippen LogP contribution in [0.15, 0.2) is 30.6 Å². The van der Waals surface area contributed by atoms with E-state index < -0.39 is 0 Å². The molecule has 1 spiro atoms. The maximum atomic E-state index is 13.2. The summed E-state index contributed by atoms with van der Waals surface area (Å²) in [6.45, 7) is 3.84. The Hall–Kier alpha value is -2.28. The number of likely N-dealkylation sites (tertiary alicyclic amines) is 1. The summed E-state index contributed by atoms with van der Waals surface area (Å²) in [5, 5.41) is 8.72. The number of carbonyl (C=O) groups excluding carboxylic acids is 1. The van der Waals surface area contributed by atoms with Crippen LogP contribution in [0.25, 0.3) is 0 Å². The predicted octanol–water partition coefficient (Wildman–Crippen LogP) is 2.79. The van der Waals surface area contributed by atoms with Gasteiger partial charge in [-0.05, 0) is 49.3 Å². The van der Waals surface area contributed by atoms with Crippen LogP contribution < -0.4 is 0 Å². The van der Waals surface area contributed by atoms with Crippen LogP contribution in [0.1, 0.15) is 43.0 Å². The second-order valence-electron chi connectivity index (χ2n) is 8.89. The van der Waals surface area contributed by atoms with E-state index in [-0.39, 0.29) is 23.1 Å². The summed E-state index contributed by atoms with van der Waals surface area (Å²) in [4.78, 5) is 15.1. The molecule has 1 saturated carbocycles. The van der Waals surface area contributed by atoms with E-state index in [4.69, 9.17) is 4.74 Å². The van der Waals surface area contributed by atoms with Crippen LogP contribution in [0, 0.1) is 17.2 Å². The van der Waals surface area contributed by atoms with Crippen molar-refractivity contribution in [2.75, 3.05) is 26.3 Å². The standard InChI is InChI=1S/C22H27FN4O2/c23-18-5-3-16(4-6-18)11-20(28)26-13-19(22(14-26)7-9-29-10-8-22)21-25-24-15-27(21)12-17-1-2-17/h3-6,15,17,19H,1-2,7-14H2. The quantitative estimate of drug-likeness (QED) is 0.777. The second-order valence-corrected chi connectivity index (χ2v) is 8.89. The highest BCUT2D eigenvalue weighted by Crippen LogP contribution is 2.49. The average molecular weight is 398 g/mol. The van der Waals surface area contributed by atoms with Crippen molar-refractivity contribution in [3.05, 3.63) is 47.8 Å². The highest BCUT2D eigenvalue weighted by molar-refractivity contribution is 5.79. The Bertz CT molecular complexity index is 871. The molecule has 1 aromatic heterocycles. The summed E-state index contributed by atoms with van der Waals surface area (Å²) in [7, 11) is 0. The van der Waals surface area contributed by atoms with Gasteiger partial charge in [0.2, 0.25) is 5.91 Å². The smallest absolute Gasteiger partial charge is 0.227 e. The highest BCUT2D eigenvalue weighted by Gasteiger charge is 2.51. The lowest BCUT2D eigenvalue weighted by Gasteiger charge is -2.37. The number of benzene rings is 1. The maximum absolute atomic E-state index is 13.2. The van der Waals surface area contributed by atoms with E-state index >= 15 is 0 Å². The summed E-state index contributed by atoms with van der Waals surface area (Å²) >= 11 is 0. The summed E-state index contributed by atoms with van der Waals surface area (Å²) in [5.41, 5.74) is 0.850. The summed E-state index contributed by atoms with van der Waals surface area (Å²) < 4.78 is 21.0.